The van der Waals surface area contributed by atoms with Gasteiger partial charge >= 0.3 is 0 Å². The van der Waals surface area contributed by atoms with E-state index in [4.69, 9.17) is 10.5 Å². The van der Waals surface area contributed by atoms with E-state index in [9.17, 15) is 4.79 Å². The van der Waals surface area contributed by atoms with Crippen molar-refractivity contribution < 1.29 is 9.53 Å². The largest absolute Gasteiger partial charge is 0.396 e. The molecule has 19 heavy (non-hydrogen) atoms. The van der Waals surface area contributed by atoms with E-state index >= 15 is 0 Å². The number of carbonyl (C=O) groups is 1. The molecule has 6 nitrogen and oxygen atoms in total. The van der Waals surface area contributed by atoms with Crippen LogP contribution in [0.25, 0.3) is 0 Å². The number of amides is 1. The average molecular weight is 266 g/mol. The highest BCUT2D eigenvalue weighted by atomic mass is 16.5. The fraction of sp³-hybridized carbons (Fsp3) is 0.692. The lowest BCUT2D eigenvalue weighted by molar-refractivity contribution is 0.0581. The fourth-order valence-electron chi connectivity index (χ4n) is 2.30. The monoisotopic (exact) mass is 266 g/mol. The molecule has 0 saturated heterocycles. The maximum absolute atomic E-state index is 11.9. The predicted octanol–water partition coefficient (Wildman–Crippen LogP) is 1.17. The zero-order valence-corrected chi connectivity index (χ0v) is 11.4. The van der Waals surface area contributed by atoms with Crippen LogP contribution >= 0.6 is 0 Å². The molecular weight excluding hydrogens is 244 g/mol. The lowest BCUT2D eigenvalue weighted by atomic mass is 10.3. The molecular formula is C13H22N4O2. The number of rotatable bonds is 6. The summed E-state index contributed by atoms with van der Waals surface area (Å²) in [5.74, 6) is -0.236. The Morgan fingerprint density at radius 3 is 2.95 bits per heavy atom. The number of ether oxygens (including phenoxy) is 1. The zero-order chi connectivity index (χ0) is 13.7. The van der Waals surface area contributed by atoms with Crippen molar-refractivity contribution in [3.8, 4) is 0 Å². The number of nitrogens with two attached hydrogens (primary N) is 1. The average Bonchev–Trinajstić information content (AvgIpc) is 3.03. The Hall–Kier alpha value is -1.56. The molecule has 0 radical (unpaired) electrons. The molecule has 0 atom stereocenters. The molecule has 1 amide bonds. The number of hydrogen-bond acceptors (Lipinski definition) is 4. The summed E-state index contributed by atoms with van der Waals surface area (Å²) in [6.45, 7) is 3.68. The highest BCUT2D eigenvalue weighted by Crippen LogP contribution is 2.20. The molecule has 2 rings (SSSR count). The molecule has 106 valence electrons. The van der Waals surface area contributed by atoms with Crippen LogP contribution in [0.5, 0.6) is 0 Å². The normalized spacial score (nSPS) is 15.8. The van der Waals surface area contributed by atoms with Crippen molar-refractivity contribution >= 4 is 11.6 Å². The van der Waals surface area contributed by atoms with Gasteiger partial charge in [-0.2, -0.15) is 5.10 Å². The van der Waals surface area contributed by atoms with Crippen molar-refractivity contribution in [2.45, 2.75) is 45.3 Å². The summed E-state index contributed by atoms with van der Waals surface area (Å²) in [6, 6.07) is 0. The number of nitrogens with zero attached hydrogens (tertiary/aromatic N) is 2. The number of nitrogens with one attached hydrogen (secondary N) is 1. The fourth-order valence-corrected chi connectivity index (χ4v) is 2.30. The summed E-state index contributed by atoms with van der Waals surface area (Å²) >= 11 is 0. The van der Waals surface area contributed by atoms with Crippen LogP contribution in [0.3, 0.4) is 0 Å². The van der Waals surface area contributed by atoms with Crippen molar-refractivity contribution in [1.82, 2.24) is 15.1 Å². The van der Waals surface area contributed by atoms with Gasteiger partial charge in [0.2, 0.25) is 0 Å². The Morgan fingerprint density at radius 1 is 1.58 bits per heavy atom. The van der Waals surface area contributed by atoms with Gasteiger partial charge in [0, 0.05) is 19.3 Å². The van der Waals surface area contributed by atoms with E-state index in [-0.39, 0.29) is 5.91 Å². The van der Waals surface area contributed by atoms with Gasteiger partial charge in [-0.05, 0) is 19.8 Å². The highest BCUT2D eigenvalue weighted by Gasteiger charge is 2.16. The second kappa shape index (κ2) is 6.56. The van der Waals surface area contributed by atoms with E-state index < -0.39 is 0 Å². The Balaban J connectivity index is 1.72. The Labute approximate surface area is 113 Å². The number of nitrogen functional groups attached to an aromatic ring is 1. The van der Waals surface area contributed by atoms with E-state index in [0.717, 1.165) is 12.8 Å². The first-order valence-corrected chi connectivity index (χ1v) is 6.93. The molecule has 1 aromatic heterocycles. The van der Waals surface area contributed by atoms with Gasteiger partial charge in [0.15, 0.2) is 5.69 Å². The van der Waals surface area contributed by atoms with Crippen molar-refractivity contribution in [2.75, 3.05) is 18.9 Å². The molecule has 1 fully saturated rings. The van der Waals surface area contributed by atoms with Gasteiger partial charge in [0.1, 0.15) is 0 Å². The molecule has 1 aliphatic carbocycles. The number of hydrogen-bond donors (Lipinski definition) is 2. The van der Waals surface area contributed by atoms with Crippen LogP contribution in [-0.2, 0) is 11.3 Å². The number of aryl methyl sites for hydroxylation is 1. The van der Waals surface area contributed by atoms with Gasteiger partial charge in [-0.25, -0.2) is 0 Å². The maximum atomic E-state index is 11.9. The van der Waals surface area contributed by atoms with Crippen molar-refractivity contribution in [2.24, 2.45) is 0 Å². The molecule has 6 heteroatoms. The van der Waals surface area contributed by atoms with Crippen LogP contribution in [0.2, 0.25) is 0 Å². The summed E-state index contributed by atoms with van der Waals surface area (Å²) in [5, 5.41) is 6.90. The Kier molecular flexibility index (Phi) is 4.79. The van der Waals surface area contributed by atoms with Gasteiger partial charge in [0.05, 0.1) is 18.4 Å². The highest BCUT2D eigenvalue weighted by molar-refractivity contribution is 5.96. The minimum atomic E-state index is -0.236. The van der Waals surface area contributed by atoms with Crippen LogP contribution in [0.15, 0.2) is 6.20 Å². The third kappa shape index (κ3) is 3.70. The summed E-state index contributed by atoms with van der Waals surface area (Å²) in [4.78, 5) is 11.9. The van der Waals surface area contributed by atoms with Gasteiger partial charge in [-0.15, -0.1) is 0 Å². The van der Waals surface area contributed by atoms with E-state index in [2.05, 4.69) is 10.4 Å². The third-order valence-corrected chi connectivity index (χ3v) is 3.37. The molecule has 0 spiro atoms. The molecule has 0 aliphatic heterocycles. The minimum Gasteiger partial charge on any atom is -0.396 e. The molecule has 0 aromatic carbocycles. The first kappa shape index (κ1) is 13.9. The molecule has 1 aliphatic rings. The second-order valence-electron chi connectivity index (χ2n) is 4.82. The third-order valence-electron chi connectivity index (χ3n) is 3.37. The Bertz CT molecular complexity index is 424. The van der Waals surface area contributed by atoms with Gasteiger partial charge in [0.25, 0.3) is 5.91 Å². The molecule has 0 unspecified atom stereocenters. The van der Waals surface area contributed by atoms with Gasteiger partial charge in [-0.3, -0.25) is 9.48 Å². The molecule has 0 bridgehead atoms. The number of carbonyl (C=O) groups excluding carboxylic acids is 1. The predicted molar refractivity (Wildman–Crippen MR) is 72.9 cm³/mol. The van der Waals surface area contributed by atoms with Crippen molar-refractivity contribution in [1.29, 1.82) is 0 Å². The summed E-state index contributed by atoms with van der Waals surface area (Å²) in [7, 11) is 0. The van der Waals surface area contributed by atoms with E-state index in [1.807, 2.05) is 6.92 Å². The van der Waals surface area contributed by atoms with E-state index in [1.165, 1.54) is 12.8 Å². The first-order valence-electron chi connectivity index (χ1n) is 6.93. The Morgan fingerprint density at radius 2 is 2.32 bits per heavy atom. The van der Waals surface area contributed by atoms with Crippen LogP contribution in [0, 0.1) is 0 Å². The lowest BCUT2D eigenvalue weighted by Gasteiger charge is -2.11. The van der Waals surface area contributed by atoms with Crippen molar-refractivity contribution in [3.05, 3.63) is 11.9 Å². The summed E-state index contributed by atoms with van der Waals surface area (Å²) in [5.41, 5.74) is 6.45. The van der Waals surface area contributed by atoms with Crippen LogP contribution in [0.1, 0.15) is 43.1 Å². The summed E-state index contributed by atoms with van der Waals surface area (Å²) in [6.07, 6.45) is 6.83. The quantitative estimate of drug-likeness (QED) is 0.757. The van der Waals surface area contributed by atoms with Gasteiger partial charge in [-0.1, -0.05) is 12.8 Å². The summed E-state index contributed by atoms with van der Waals surface area (Å²) < 4.78 is 7.33. The maximum Gasteiger partial charge on any atom is 0.274 e. The topological polar surface area (TPSA) is 82.2 Å². The molecule has 1 saturated carbocycles. The smallest absolute Gasteiger partial charge is 0.274 e. The van der Waals surface area contributed by atoms with Gasteiger partial charge < -0.3 is 15.8 Å². The van der Waals surface area contributed by atoms with Crippen molar-refractivity contribution in [3.63, 3.8) is 0 Å². The number of aromatic nitrogens is 2. The van der Waals surface area contributed by atoms with Crippen LogP contribution < -0.4 is 11.1 Å². The molecule has 1 aromatic rings. The molecule has 3 N–H and O–H groups in total. The minimum absolute atomic E-state index is 0.236. The standard InChI is InChI=1S/C13H22N4O2/c1-2-17-9-11(14)12(16-17)13(18)15-7-8-19-10-5-3-4-6-10/h9-10H,2-8,14H2,1H3,(H,15,18). The SMILES string of the molecule is CCn1cc(N)c(C(=O)NCCOC2CCCC2)n1. The molecule has 1 heterocycles. The van der Waals surface area contributed by atoms with Crippen LogP contribution in [-0.4, -0.2) is 34.9 Å². The second-order valence-corrected chi connectivity index (χ2v) is 4.82. The first-order chi connectivity index (χ1) is 9.20. The van der Waals surface area contributed by atoms with E-state index in [1.54, 1.807) is 10.9 Å². The van der Waals surface area contributed by atoms with Crippen LogP contribution in [0.4, 0.5) is 5.69 Å². The zero-order valence-electron chi connectivity index (χ0n) is 11.4. The van der Waals surface area contributed by atoms with E-state index in [0.29, 0.717) is 37.2 Å². The number of anilines is 1. The lowest BCUT2D eigenvalue weighted by Crippen LogP contribution is -2.29.